The van der Waals surface area contributed by atoms with Crippen LogP contribution in [0.4, 0.5) is 0 Å². The van der Waals surface area contributed by atoms with Gasteiger partial charge in [0.15, 0.2) is 0 Å². The first-order chi connectivity index (χ1) is 12.4. The summed E-state index contributed by atoms with van der Waals surface area (Å²) in [6, 6.07) is 11.3. The number of likely N-dealkylation sites (tertiary alicyclic amines) is 1. The van der Waals surface area contributed by atoms with Crippen molar-refractivity contribution >= 4 is 5.91 Å². The third-order valence-electron chi connectivity index (χ3n) is 7.93. The van der Waals surface area contributed by atoms with Crippen molar-refractivity contribution in [3.8, 4) is 0 Å². The van der Waals surface area contributed by atoms with Gasteiger partial charge >= 0.3 is 0 Å². The van der Waals surface area contributed by atoms with Gasteiger partial charge < -0.3 is 10.6 Å². The minimum absolute atomic E-state index is 0.138. The Hall–Kier alpha value is -1.35. The highest BCUT2D eigenvalue weighted by molar-refractivity contribution is 5.84. The maximum Gasteiger partial charge on any atom is 0.228 e. The molecule has 3 unspecified atom stereocenters. The van der Waals surface area contributed by atoms with Gasteiger partial charge in [-0.05, 0) is 73.7 Å². The Morgan fingerprint density at radius 3 is 2.65 bits per heavy atom. The zero-order chi connectivity index (χ0) is 18.0. The largest absolute Gasteiger partial charge is 0.341 e. The van der Waals surface area contributed by atoms with Gasteiger partial charge in [-0.3, -0.25) is 4.79 Å². The summed E-state index contributed by atoms with van der Waals surface area (Å²) in [6.07, 6.45) is 9.24. The maximum atomic E-state index is 13.8. The van der Waals surface area contributed by atoms with Crippen molar-refractivity contribution in [1.29, 1.82) is 0 Å². The monoisotopic (exact) mass is 352 g/mol. The van der Waals surface area contributed by atoms with Crippen LogP contribution in [0, 0.1) is 16.7 Å². The molecule has 1 heterocycles. The van der Waals surface area contributed by atoms with Gasteiger partial charge in [0, 0.05) is 19.1 Å². The van der Waals surface area contributed by atoms with Crippen molar-refractivity contribution < 1.29 is 4.79 Å². The van der Waals surface area contributed by atoms with E-state index in [1.165, 1.54) is 24.8 Å². The Morgan fingerprint density at radius 1 is 1.12 bits per heavy atom. The van der Waals surface area contributed by atoms with Crippen molar-refractivity contribution in [2.75, 3.05) is 13.1 Å². The van der Waals surface area contributed by atoms with E-state index in [2.05, 4.69) is 42.2 Å². The minimum Gasteiger partial charge on any atom is -0.341 e. The normalized spacial score (nSPS) is 44.3. The zero-order valence-corrected chi connectivity index (χ0v) is 16.0. The first-order valence-electron chi connectivity index (χ1n) is 10.5. The van der Waals surface area contributed by atoms with Crippen LogP contribution in [-0.4, -0.2) is 29.9 Å². The standard InChI is InChI=1S/C23H32N2O/c1-21-10-17-11-22(14-21,18-6-3-2-4-7-18)16-23(12-17,15-21)20(26)25-9-5-8-19(24)13-25/h2-4,6-7,17,19H,5,8-16,24H2,1H3/t17?,19-,21?,22-,23?/m1/s1. The summed E-state index contributed by atoms with van der Waals surface area (Å²) in [5.41, 5.74) is 8.07. The molecule has 2 N–H and O–H groups in total. The van der Waals surface area contributed by atoms with Crippen molar-refractivity contribution in [1.82, 2.24) is 4.90 Å². The lowest BCUT2D eigenvalue weighted by Gasteiger charge is -2.66. The smallest absolute Gasteiger partial charge is 0.228 e. The fourth-order valence-electron chi connectivity index (χ4n) is 7.80. The van der Waals surface area contributed by atoms with E-state index in [1.807, 2.05) is 0 Å². The molecule has 3 heteroatoms. The first-order valence-corrected chi connectivity index (χ1v) is 10.5. The van der Waals surface area contributed by atoms with Crippen molar-refractivity contribution in [2.45, 2.75) is 69.7 Å². The van der Waals surface area contributed by atoms with Gasteiger partial charge in [-0.25, -0.2) is 0 Å². The molecule has 5 fully saturated rings. The summed E-state index contributed by atoms with van der Waals surface area (Å²) in [6.45, 7) is 4.13. The lowest BCUT2D eigenvalue weighted by Crippen LogP contribution is -2.63. The number of benzene rings is 1. The van der Waals surface area contributed by atoms with Crippen molar-refractivity contribution in [3.63, 3.8) is 0 Å². The lowest BCUT2D eigenvalue weighted by molar-refractivity contribution is -0.171. The number of carbonyl (C=O) groups is 1. The van der Waals surface area contributed by atoms with E-state index in [-0.39, 0.29) is 16.9 Å². The molecule has 1 aliphatic heterocycles. The Morgan fingerprint density at radius 2 is 1.92 bits per heavy atom. The van der Waals surface area contributed by atoms with Gasteiger partial charge in [-0.2, -0.15) is 0 Å². The van der Waals surface area contributed by atoms with E-state index >= 15 is 0 Å². The van der Waals surface area contributed by atoms with Gasteiger partial charge in [-0.1, -0.05) is 37.3 Å². The number of amides is 1. The maximum absolute atomic E-state index is 13.8. The number of hydrogen-bond acceptors (Lipinski definition) is 2. The molecule has 5 atom stereocenters. The molecule has 3 nitrogen and oxygen atoms in total. The third kappa shape index (κ3) is 2.46. The molecule has 0 spiro atoms. The molecule has 4 bridgehead atoms. The highest BCUT2D eigenvalue weighted by Gasteiger charge is 2.65. The Balaban J connectivity index is 1.53. The van der Waals surface area contributed by atoms with Gasteiger partial charge in [0.2, 0.25) is 5.91 Å². The van der Waals surface area contributed by atoms with E-state index in [0.717, 1.165) is 45.2 Å². The van der Waals surface area contributed by atoms with Crippen LogP contribution in [0.3, 0.4) is 0 Å². The third-order valence-corrected chi connectivity index (χ3v) is 7.93. The fourth-order valence-corrected chi connectivity index (χ4v) is 7.80. The summed E-state index contributed by atoms with van der Waals surface area (Å²) >= 11 is 0. The number of nitrogens with two attached hydrogens (primary N) is 1. The van der Waals surface area contributed by atoms with E-state index in [1.54, 1.807) is 0 Å². The van der Waals surface area contributed by atoms with Gasteiger partial charge in [0.25, 0.3) is 0 Å². The van der Waals surface area contributed by atoms with Gasteiger partial charge in [-0.15, -0.1) is 0 Å². The minimum atomic E-state index is -0.138. The van der Waals surface area contributed by atoms with E-state index in [0.29, 0.717) is 17.2 Å². The molecule has 0 radical (unpaired) electrons. The lowest BCUT2D eigenvalue weighted by atomic mass is 9.38. The summed E-state index contributed by atoms with van der Waals surface area (Å²) in [5.74, 6) is 1.14. The number of hydrogen-bond donors (Lipinski definition) is 1. The number of nitrogens with zero attached hydrogens (tertiary/aromatic N) is 1. The van der Waals surface area contributed by atoms with Gasteiger partial charge in [0.1, 0.15) is 0 Å². The molecule has 5 aliphatic rings. The topological polar surface area (TPSA) is 46.3 Å². The second-order valence-electron chi connectivity index (χ2n) is 10.4. The number of carbonyl (C=O) groups excluding carboxylic acids is 1. The van der Waals surface area contributed by atoms with Crippen LogP contribution in [0.25, 0.3) is 0 Å². The van der Waals surface area contributed by atoms with E-state index in [9.17, 15) is 4.79 Å². The van der Waals surface area contributed by atoms with Crippen LogP contribution in [0.2, 0.25) is 0 Å². The summed E-state index contributed by atoms with van der Waals surface area (Å²) < 4.78 is 0. The Kier molecular flexibility index (Phi) is 3.60. The van der Waals surface area contributed by atoms with E-state index in [4.69, 9.17) is 5.73 Å². The molecule has 6 rings (SSSR count). The van der Waals surface area contributed by atoms with Crippen molar-refractivity contribution in [3.05, 3.63) is 35.9 Å². The molecule has 140 valence electrons. The second-order valence-corrected chi connectivity index (χ2v) is 10.4. The average Bonchev–Trinajstić information content (AvgIpc) is 2.60. The predicted molar refractivity (Wildman–Crippen MR) is 104 cm³/mol. The molecule has 26 heavy (non-hydrogen) atoms. The molecular weight excluding hydrogens is 320 g/mol. The highest BCUT2D eigenvalue weighted by Crippen LogP contribution is 2.70. The van der Waals surface area contributed by atoms with Crippen LogP contribution in [0.15, 0.2) is 30.3 Å². The number of rotatable bonds is 2. The van der Waals surface area contributed by atoms with Crippen LogP contribution in [-0.2, 0) is 10.2 Å². The first kappa shape index (κ1) is 16.8. The SMILES string of the molecule is CC12CC3CC(C(=O)N4CCC[C@@H](N)C4)(C1)C[C@@](c1ccccc1)(C3)C2. The number of piperidine rings is 1. The molecule has 1 aromatic carbocycles. The fraction of sp³-hybridized carbons (Fsp3) is 0.696. The van der Waals surface area contributed by atoms with Crippen molar-refractivity contribution in [2.24, 2.45) is 22.5 Å². The van der Waals surface area contributed by atoms with Crippen LogP contribution < -0.4 is 5.73 Å². The zero-order valence-electron chi connectivity index (χ0n) is 16.0. The predicted octanol–water partition coefficient (Wildman–Crippen LogP) is 3.86. The van der Waals surface area contributed by atoms with Gasteiger partial charge in [0.05, 0.1) is 5.41 Å². The molecule has 4 aliphatic carbocycles. The van der Waals surface area contributed by atoms with Crippen LogP contribution in [0.1, 0.15) is 63.9 Å². The van der Waals surface area contributed by atoms with Crippen LogP contribution in [0.5, 0.6) is 0 Å². The summed E-state index contributed by atoms with van der Waals surface area (Å²) in [7, 11) is 0. The quantitative estimate of drug-likeness (QED) is 0.878. The second kappa shape index (κ2) is 5.58. The molecular formula is C23H32N2O. The molecule has 1 amide bonds. The summed E-state index contributed by atoms with van der Waals surface area (Å²) in [5, 5.41) is 0. The Bertz CT molecular complexity index is 718. The highest BCUT2D eigenvalue weighted by atomic mass is 16.2. The Labute approximate surface area is 157 Å². The molecule has 4 saturated carbocycles. The average molecular weight is 353 g/mol. The van der Waals surface area contributed by atoms with Crippen LogP contribution >= 0.6 is 0 Å². The molecule has 1 aromatic rings. The molecule has 1 saturated heterocycles. The summed E-state index contributed by atoms with van der Waals surface area (Å²) in [4.78, 5) is 15.9. The van der Waals surface area contributed by atoms with E-state index < -0.39 is 0 Å². The molecule has 0 aromatic heterocycles.